The Balaban J connectivity index is 1.76. The van der Waals surface area contributed by atoms with E-state index in [0.29, 0.717) is 5.92 Å². The molecule has 0 heteroatoms. The molecule has 0 fully saturated rings. The van der Waals surface area contributed by atoms with Crippen LogP contribution in [0.3, 0.4) is 0 Å². The van der Waals surface area contributed by atoms with E-state index in [0.717, 1.165) is 12.8 Å². The van der Waals surface area contributed by atoms with E-state index in [9.17, 15) is 0 Å². The molecule has 3 aromatic carbocycles. The Morgan fingerprint density at radius 2 is 1.38 bits per heavy atom. The van der Waals surface area contributed by atoms with Crippen LogP contribution in [0.2, 0.25) is 0 Å². The summed E-state index contributed by atoms with van der Waals surface area (Å²) < 4.78 is 0. The molecule has 0 saturated heterocycles. The lowest BCUT2D eigenvalue weighted by Gasteiger charge is -2.20. The minimum atomic E-state index is 0.562. The van der Waals surface area contributed by atoms with Crippen LogP contribution in [0.25, 0.3) is 11.1 Å². The molecule has 1 atom stereocenters. The fraction of sp³-hybridized carbons (Fsp3) is 0.379. The summed E-state index contributed by atoms with van der Waals surface area (Å²) >= 11 is 0. The number of benzene rings is 3. The summed E-state index contributed by atoms with van der Waals surface area (Å²) in [5.74, 6) is 0.562. The van der Waals surface area contributed by atoms with E-state index in [1.54, 1.807) is 16.7 Å². The van der Waals surface area contributed by atoms with E-state index in [4.69, 9.17) is 0 Å². The number of fused-ring (bicyclic) bond motifs is 3. The Bertz CT molecular complexity index is 950. The summed E-state index contributed by atoms with van der Waals surface area (Å²) in [5, 5.41) is 0. The van der Waals surface area contributed by atoms with E-state index >= 15 is 0 Å². The molecule has 29 heavy (non-hydrogen) atoms. The van der Waals surface area contributed by atoms with Gasteiger partial charge in [0, 0.05) is 0 Å². The maximum absolute atomic E-state index is 2.51. The third-order valence-electron chi connectivity index (χ3n) is 6.52. The Labute approximate surface area is 177 Å². The molecule has 0 amide bonds. The van der Waals surface area contributed by atoms with Crippen LogP contribution in [-0.2, 0) is 25.7 Å². The van der Waals surface area contributed by atoms with Crippen molar-refractivity contribution in [1.29, 1.82) is 0 Å². The molecular weight excluding hydrogens is 348 g/mol. The molecule has 0 heterocycles. The van der Waals surface area contributed by atoms with E-state index in [1.807, 2.05) is 0 Å². The smallest absolute Gasteiger partial charge is 0.00779 e. The summed E-state index contributed by atoms with van der Waals surface area (Å²) in [6, 6.07) is 25.5. The highest BCUT2D eigenvalue weighted by Gasteiger charge is 2.24. The van der Waals surface area contributed by atoms with Gasteiger partial charge in [-0.15, -0.1) is 0 Å². The second kappa shape index (κ2) is 9.44. The minimum Gasteiger partial charge on any atom is -0.0654 e. The van der Waals surface area contributed by atoms with Crippen LogP contribution in [0, 0.1) is 0 Å². The Kier molecular flexibility index (Phi) is 6.49. The van der Waals surface area contributed by atoms with Crippen molar-refractivity contribution in [3.8, 4) is 11.1 Å². The second-order valence-electron chi connectivity index (χ2n) is 8.66. The molecule has 0 radical (unpaired) electrons. The molecule has 0 aliphatic heterocycles. The summed E-state index contributed by atoms with van der Waals surface area (Å²) in [4.78, 5) is 0. The summed E-state index contributed by atoms with van der Waals surface area (Å²) in [6.07, 6.45) is 9.75. The van der Waals surface area contributed by atoms with Crippen LogP contribution in [0.4, 0.5) is 0 Å². The van der Waals surface area contributed by atoms with Gasteiger partial charge in [0.25, 0.3) is 0 Å². The van der Waals surface area contributed by atoms with Gasteiger partial charge in [0.2, 0.25) is 0 Å². The molecule has 1 aliphatic rings. The molecule has 0 saturated carbocycles. The highest BCUT2D eigenvalue weighted by atomic mass is 14.3. The summed E-state index contributed by atoms with van der Waals surface area (Å²) in [6.45, 7) is 4.57. The van der Waals surface area contributed by atoms with Crippen LogP contribution in [0.1, 0.15) is 73.3 Å². The first kappa shape index (κ1) is 20.0. The lowest BCUT2D eigenvalue weighted by Crippen LogP contribution is -2.08. The highest BCUT2D eigenvalue weighted by molar-refractivity contribution is 5.72. The van der Waals surface area contributed by atoms with Gasteiger partial charge in [0.05, 0.1) is 0 Å². The van der Waals surface area contributed by atoms with Crippen molar-refractivity contribution in [2.45, 2.75) is 71.1 Å². The Hall–Kier alpha value is -2.34. The number of aryl methyl sites for hydroxylation is 2. The van der Waals surface area contributed by atoms with Gasteiger partial charge in [0.15, 0.2) is 0 Å². The number of hydrogen-bond donors (Lipinski definition) is 0. The maximum atomic E-state index is 2.51. The molecule has 3 aromatic rings. The van der Waals surface area contributed by atoms with Crippen molar-refractivity contribution in [2.75, 3.05) is 0 Å². The first-order valence-electron chi connectivity index (χ1n) is 11.6. The predicted octanol–water partition coefficient (Wildman–Crippen LogP) is 7.92. The standard InChI is InChI=1S/C29H34/c1-3-5-11-22-17-18-29-25(19-22)21-26(20-24-14-8-10-16-28(24)29)27-15-9-7-13-23(27)12-6-4-2/h7-10,13-19,26H,3-6,11-12,20-21H2,1-2H3. The quantitative estimate of drug-likeness (QED) is 0.389. The van der Waals surface area contributed by atoms with Crippen molar-refractivity contribution in [2.24, 2.45) is 0 Å². The van der Waals surface area contributed by atoms with E-state index in [2.05, 4.69) is 80.6 Å². The van der Waals surface area contributed by atoms with Crippen molar-refractivity contribution < 1.29 is 0 Å². The molecule has 0 aromatic heterocycles. The van der Waals surface area contributed by atoms with Gasteiger partial charge in [-0.2, -0.15) is 0 Å². The molecule has 150 valence electrons. The molecule has 0 nitrogen and oxygen atoms in total. The van der Waals surface area contributed by atoms with Gasteiger partial charge >= 0.3 is 0 Å². The lowest BCUT2D eigenvalue weighted by molar-refractivity contribution is 0.671. The zero-order chi connectivity index (χ0) is 20.1. The minimum absolute atomic E-state index is 0.562. The van der Waals surface area contributed by atoms with Gasteiger partial charge in [0.1, 0.15) is 0 Å². The van der Waals surface area contributed by atoms with E-state index < -0.39 is 0 Å². The number of hydrogen-bond acceptors (Lipinski definition) is 0. The Morgan fingerprint density at radius 1 is 0.690 bits per heavy atom. The number of rotatable bonds is 7. The van der Waals surface area contributed by atoms with Crippen molar-refractivity contribution in [3.05, 3.63) is 94.5 Å². The van der Waals surface area contributed by atoms with Gasteiger partial charge in [-0.25, -0.2) is 0 Å². The van der Waals surface area contributed by atoms with Crippen molar-refractivity contribution >= 4 is 0 Å². The van der Waals surface area contributed by atoms with Crippen LogP contribution >= 0.6 is 0 Å². The van der Waals surface area contributed by atoms with Crippen LogP contribution in [-0.4, -0.2) is 0 Å². The molecule has 0 spiro atoms. The first-order valence-corrected chi connectivity index (χ1v) is 11.6. The fourth-order valence-electron chi connectivity index (χ4n) is 4.93. The third-order valence-corrected chi connectivity index (χ3v) is 6.52. The normalized spacial score (nSPS) is 15.4. The molecule has 4 rings (SSSR count). The lowest BCUT2D eigenvalue weighted by atomic mass is 9.84. The van der Waals surface area contributed by atoms with Gasteiger partial charge in [-0.1, -0.05) is 93.4 Å². The SMILES string of the molecule is CCCCc1ccc2c(c1)CC(c1ccccc1CCCC)Cc1ccccc1-2. The molecule has 1 unspecified atom stereocenters. The average molecular weight is 383 g/mol. The van der Waals surface area contributed by atoms with Crippen molar-refractivity contribution in [1.82, 2.24) is 0 Å². The van der Waals surface area contributed by atoms with Gasteiger partial charge < -0.3 is 0 Å². The largest absolute Gasteiger partial charge is 0.0654 e. The summed E-state index contributed by atoms with van der Waals surface area (Å²) in [5.41, 5.74) is 10.6. The number of unbranched alkanes of at least 4 members (excludes halogenated alkanes) is 2. The monoisotopic (exact) mass is 382 g/mol. The third kappa shape index (κ3) is 4.47. The topological polar surface area (TPSA) is 0 Å². The van der Waals surface area contributed by atoms with E-state index in [-0.39, 0.29) is 0 Å². The van der Waals surface area contributed by atoms with Crippen LogP contribution < -0.4 is 0 Å². The average Bonchev–Trinajstić information content (AvgIpc) is 2.92. The van der Waals surface area contributed by atoms with Crippen LogP contribution in [0.15, 0.2) is 66.7 Å². The fourth-order valence-corrected chi connectivity index (χ4v) is 4.93. The maximum Gasteiger partial charge on any atom is -0.00779 e. The van der Waals surface area contributed by atoms with Gasteiger partial charge in [-0.05, 0) is 83.4 Å². The second-order valence-corrected chi connectivity index (χ2v) is 8.66. The zero-order valence-corrected chi connectivity index (χ0v) is 18.1. The van der Waals surface area contributed by atoms with Gasteiger partial charge in [-0.3, -0.25) is 0 Å². The summed E-state index contributed by atoms with van der Waals surface area (Å²) in [7, 11) is 0. The first-order chi connectivity index (χ1) is 14.3. The molecule has 0 N–H and O–H groups in total. The highest BCUT2D eigenvalue weighted by Crippen LogP contribution is 2.39. The molecular formula is C29H34. The predicted molar refractivity (Wildman–Crippen MR) is 126 cm³/mol. The zero-order valence-electron chi connectivity index (χ0n) is 18.1. The Morgan fingerprint density at radius 3 is 2.24 bits per heavy atom. The van der Waals surface area contributed by atoms with E-state index in [1.165, 1.54) is 60.8 Å². The molecule has 1 aliphatic carbocycles. The van der Waals surface area contributed by atoms with Crippen LogP contribution in [0.5, 0.6) is 0 Å². The van der Waals surface area contributed by atoms with Crippen molar-refractivity contribution in [3.63, 3.8) is 0 Å². The molecule has 0 bridgehead atoms.